The fourth-order valence-electron chi connectivity index (χ4n) is 3.62. The molecule has 0 atom stereocenters. The van der Waals surface area contributed by atoms with Crippen LogP contribution in [0.25, 0.3) is 0 Å². The number of likely N-dealkylation sites (tertiary alicyclic amines) is 1. The Hall–Kier alpha value is -3.00. The molecular weight excluding hydrogens is 364 g/mol. The minimum absolute atomic E-state index is 0.643. The van der Waals surface area contributed by atoms with E-state index in [9.17, 15) is 0 Å². The number of nitrogens with one attached hydrogen (secondary N) is 1. The molecule has 1 fully saturated rings. The normalized spacial score (nSPS) is 15.3. The Morgan fingerprint density at radius 2 is 1.79 bits per heavy atom. The molecule has 0 aliphatic carbocycles. The van der Waals surface area contributed by atoms with E-state index >= 15 is 0 Å². The van der Waals surface area contributed by atoms with E-state index < -0.39 is 0 Å². The fourth-order valence-corrected chi connectivity index (χ4v) is 3.62. The largest absolute Gasteiger partial charge is 0.324 e. The Morgan fingerprint density at radius 3 is 2.52 bits per heavy atom. The van der Waals surface area contributed by atoms with Gasteiger partial charge in [-0.1, -0.05) is 6.92 Å². The SMILES string of the molecule is CCc1ncc(CN2CCC(Cc3cc(Nc4cnccn4)ncn3)CC2)cn1. The van der Waals surface area contributed by atoms with Crippen molar-refractivity contribution in [3.8, 4) is 0 Å². The molecule has 0 unspecified atom stereocenters. The van der Waals surface area contributed by atoms with E-state index in [0.717, 1.165) is 49.8 Å². The fraction of sp³-hybridized carbons (Fsp3) is 0.429. The summed E-state index contributed by atoms with van der Waals surface area (Å²) in [7, 11) is 0. The lowest BCUT2D eigenvalue weighted by Crippen LogP contribution is -2.34. The highest BCUT2D eigenvalue weighted by molar-refractivity contribution is 5.49. The van der Waals surface area contributed by atoms with Gasteiger partial charge in [0, 0.05) is 55.1 Å². The summed E-state index contributed by atoms with van der Waals surface area (Å²) in [6.45, 7) is 5.19. The smallest absolute Gasteiger partial charge is 0.150 e. The zero-order valence-electron chi connectivity index (χ0n) is 16.7. The maximum absolute atomic E-state index is 4.46. The van der Waals surface area contributed by atoms with Crippen LogP contribution in [0.5, 0.6) is 0 Å². The van der Waals surface area contributed by atoms with Crippen molar-refractivity contribution in [2.24, 2.45) is 5.92 Å². The van der Waals surface area contributed by atoms with Crippen LogP contribution in [-0.2, 0) is 19.4 Å². The molecule has 3 aromatic heterocycles. The van der Waals surface area contributed by atoms with E-state index in [1.807, 2.05) is 18.5 Å². The van der Waals surface area contributed by atoms with Crippen molar-refractivity contribution in [1.82, 2.24) is 34.8 Å². The van der Waals surface area contributed by atoms with Crippen LogP contribution in [0.3, 0.4) is 0 Å². The van der Waals surface area contributed by atoms with E-state index in [0.29, 0.717) is 11.7 Å². The highest BCUT2D eigenvalue weighted by Crippen LogP contribution is 2.23. The molecule has 8 heteroatoms. The molecule has 29 heavy (non-hydrogen) atoms. The van der Waals surface area contributed by atoms with Gasteiger partial charge in [-0.3, -0.25) is 9.88 Å². The number of nitrogens with zero attached hydrogens (tertiary/aromatic N) is 7. The highest BCUT2D eigenvalue weighted by Gasteiger charge is 2.20. The van der Waals surface area contributed by atoms with E-state index in [-0.39, 0.29) is 0 Å². The van der Waals surface area contributed by atoms with Crippen LogP contribution in [0.2, 0.25) is 0 Å². The van der Waals surface area contributed by atoms with Gasteiger partial charge in [0.25, 0.3) is 0 Å². The van der Waals surface area contributed by atoms with Crippen molar-refractivity contribution in [3.63, 3.8) is 0 Å². The Balaban J connectivity index is 1.27. The lowest BCUT2D eigenvalue weighted by molar-refractivity contribution is 0.176. The maximum atomic E-state index is 4.46. The number of anilines is 2. The first-order valence-corrected chi connectivity index (χ1v) is 10.1. The van der Waals surface area contributed by atoms with E-state index in [2.05, 4.69) is 47.0 Å². The molecule has 4 rings (SSSR count). The van der Waals surface area contributed by atoms with Crippen molar-refractivity contribution in [2.45, 2.75) is 39.2 Å². The minimum Gasteiger partial charge on any atom is -0.324 e. The standard InChI is InChI=1S/C21H26N8/c1-2-19-24-11-17(12-25-19)14-29-7-3-16(4-8-29)9-18-10-20(27-15-26-18)28-21-13-22-5-6-23-21/h5-6,10-13,15-16H,2-4,7-9,14H2,1H3,(H,23,26,27,28). The maximum Gasteiger partial charge on any atom is 0.150 e. The summed E-state index contributed by atoms with van der Waals surface area (Å²) in [5.74, 6) is 2.99. The van der Waals surface area contributed by atoms with Gasteiger partial charge in [-0.05, 0) is 38.3 Å². The molecule has 8 nitrogen and oxygen atoms in total. The Morgan fingerprint density at radius 1 is 0.966 bits per heavy atom. The van der Waals surface area contributed by atoms with Crippen LogP contribution >= 0.6 is 0 Å². The van der Waals surface area contributed by atoms with Crippen LogP contribution in [0, 0.1) is 5.92 Å². The lowest BCUT2D eigenvalue weighted by atomic mass is 9.92. The van der Waals surface area contributed by atoms with Gasteiger partial charge >= 0.3 is 0 Å². The molecule has 0 spiro atoms. The average Bonchev–Trinajstić information content (AvgIpc) is 2.77. The summed E-state index contributed by atoms with van der Waals surface area (Å²) >= 11 is 0. The van der Waals surface area contributed by atoms with Crippen LogP contribution < -0.4 is 5.32 Å². The predicted octanol–water partition coefficient (Wildman–Crippen LogP) is 2.82. The van der Waals surface area contributed by atoms with E-state index in [4.69, 9.17) is 0 Å². The summed E-state index contributed by atoms with van der Waals surface area (Å²) in [6.07, 6.45) is 14.7. The van der Waals surface area contributed by atoms with Gasteiger partial charge < -0.3 is 5.32 Å². The van der Waals surface area contributed by atoms with Crippen molar-refractivity contribution in [3.05, 3.63) is 60.5 Å². The van der Waals surface area contributed by atoms with Crippen LogP contribution in [0.1, 0.15) is 36.8 Å². The van der Waals surface area contributed by atoms with E-state index in [1.165, 1.54) is 18.4 Å². The second kappa shape index (κ2) is 9.47. The summed E-state index contributed by atoms with van der Waals surface area (Å²) in [5, 5.41) is 3.18. The van der Waals surface area contributed by atoms with Crippen LogP contribution in [0.4, 0.5) is 11.6 Å². The average molecular weight is 390 g/mol. The zero-order chi connectivity index (χ0) is 19.9. The third-order valence-electron chi connectivity index (χ3n) is 5.23. The van der Waals surface area contributed by atoms with Crippen molar-refractivity contribution < 1.29 is 0 Å². The summed E-state index contributed by atoms with van der Waals surface area (Å²) < 4.78 is 0. The van der Waals surface area contributed by atoms with Crippen molar-refractivity contribution in [2.75, 3.05) is 18.4 Å². The van der Waals surface area contributed by atoms with Gasteiger partial charge in [0.05, 0.1) is 6.20 Å². The Kier molecular flexibility index (Phi) is 6.31. The van der Waals surface area contributed by atoms with Gasteiger partial charge in [0.2, 0.25) is 0 Å². The molecule has 0 radical (unpaired) electrons. The molecule has 0 bridgehead atoms. The zero-order valence-corrected chi connectivity index (χ0v) is 16.7. The predicted molar refractivity (Wildman–Crippen MR) is 110 cm³/mol. The minimum atomic E-state index is 0.643. The number of aryl methyl sites for hydroxylation is 1. The van der Waals surface area contributed by atoms with Gasteiger partial charge in [0.1, 0.15) is 23.8 Å². The lowest BCUT2D eigenvalue weighted by Gasteiger charge is -2.31. The quantitative estimate of drug-likeness (QED) is 0.658. The first-order chi connectivity index (χ1) is 14.3. The number of aromatic nitrogens is 6. The Bertz CT molecular complexity index is 892. The second-order valence-corrected chi connectivity index (χ2v) is 7.39. The van der Waals surface area contributed by atoms with Crippen molar-refractivity contribution in [1.29, 1.82) is 0 Å². The first kappa shape index (κ1) is 19.3. The van der Waals surface area contributed by atoms with Gasteiger partial charge in [-0.25, -0.2) is 24.9 Å². The summed E-state index contributed by atoms with van der Waals surface area (Å²) in [6, 6.07) is 2.01. The third-order valence-corrected chi connectivity index (χ3v) is 5.23. The molecule has 150 valence electrons. The molecule has 0 saturated carbocycles. The first-order valence-electron chi connectivity index (χ1n) is 10.1. The molecule has 4 heterocycles. The second-order valence-electron chi connectivity index (χ2n) is 7.39. The number of hydrogen-bond donors (Lipinski definition) is 1. The van der Waals surface area contributed by atoms with Crippen LogP contribution in [-0.4, -0.2) is 47.9 Å². The van der Waals surface area contributed by atoms with Crippen molar-refractivity contribution >= 4 is 11.6 Å². The summed E-state index contributed by atoms with van der Waals surface area (Å²) in [4.78, 5) is 28.3. The van der Waals surface area contributed by atoms with Crippen LogP contribution in [0.15, 0.2) is 43.4 Å². The Labute approximate surface area is 170 Å². The van der Waals surface area contributed by atoms with Gasteiger partial charge in [0.15, 0.2) is 0 Å². The van der Waals surface area contributed by atoms with E-state index in [1.54, 1.807) is 24.9 Å². The molecular formula is C21H26N8. The molecule has 1 N–H and O–H groups in total. The number of hydrogen-bond acceptors (Lipinski definition) is 8. The highest BCUT2D eigenvalue weighted by atomic mass is 15.1. The molecule has 1 aliphatic rings. The molecule has 0 aromatic carbocycles. The number of piperidine rings is 1. The third kappa shape index (κ3) is 5.51. The monoisotopic (exact) mass is 390 g/mol. The van der Waals surface area contributed by atoms with Gasteiger partial charge in [-0.2, -0.15) is 0 Å². The molecule has 1 aliphatic heterocycles. The molecule has 0 amide bonds. The van der Waals surface area contributed by atoms with Gasteiger partial charge in [-0.15, -0.1) is 0 Å². The molecule has 1 saturated heterocycles. The number of rotatable bonds is 7. The summed E-state index contributed by atoms with van der Waals surface area (Å²) in [5.41, 5.74) is 2.25. The molecule has 3 aromatic rings. The topological polar surface area (TPSA) is 92.6 Å².